The van der Waals surface area contributed by atoms with Crippen molar-refractivity contribution < 1.29 is 19.7 Å². The molecular formula is C21H26O4. The Kier molecular flexibility index (Phi) is 5.13. The summed E-state index contributed by atoms with van der Waals surface area (Å²) in [5.41, 5.74) is 3.09. The number of aromatic hydroxyl groups is 1. The van der Waals surface area contributed by atoms with Gasteiger partial charge in [-0.15, -0.1) is 0 Å². The third-order valence-corrected chi connectivity index (χ3v) is 4.89. The third kappa shape index (κ3) is 4.40. The minimum atomic E-state index is -0.565. The quantitative estimate of drug-likeness (QED) is 0.869. The number of aliphatic hydroxyl groups excluding tert-OH is 1. The summed E-state index contributed by atoms with van der Waals surface area (Å²) in [6, 6.07) is 15.6. The van der Waals surface area contributed by atoms with Gasteiger partial charge in [0.15, 0.2) is 5.79 Å². The van der Waals surface area contributed by atoms with Crippen molar-refractivity contribution in [2.45, 2.75) is 32.5 Å². The van der Waals surface area contributed by atoms with Gasteiger partial charge in [0, 0.05) is 5.41 Å². The highest BCUT2D eigenvalue weighted by atomic mass is 16.7. The Hall–Kier alpha value is -1.88. The minimum Gasteiger partial charge on any atom is -0.508 e. The highest BCUT2D eigenvalue weighted by molar-refractivity contribution is 5.64. The van der Waals surface area contributed by atoms with Crippen LogP contribution in [0, 0.1) is 5.41 Å². The van der Waals surface area contributed by atoms with Gasteiger partial charge in [0.05, 0.1) is 19.8 Å². The molecule has 134 valence electrons. The van der Waals surface area contributed by atoms with Gasteiger partial charge in [-0.3, -0.25) is 0 Å². The molecule has 0 amide bonds. The van der Waals surface area contributed by atoms with Crippen molar-refractivity contribution in [1.29, 1.82) is 0 Å². The van der Waals surface area contributed by atoms with Crippen molar-refractivity contribution in [3.8, 4) is 16.9 Å². The fraction of sp³-hybridized carbons (Fsp3) is 0.429. The van der Waals surface area contributed by atoms with Crippen LogP contribution in [0.4, 0.5) is 0 Å². The van der Waals surface area contributed by atoms with Gasteiger partial charge < -0.3 is 19.7 Å². The van der Waals surface area contributed by atoms with E-state index in [9.17, 15) is 10.2 Å². The van der Waals surface area contributed by atoms with Crippen LogP contribution in [0.15, 0.2) is 48.5 Å². The van der Waals surface area contributed by atoms with Gasteiger partial charge in [-0.05, 0) is 55.5 Å². The van der Waals surface area contributed by atoms with Crippen LogP contribution in [0.5, 0.6) is 5.75 Å². The lowest BCUT2D eigenvalue weighted by molar-refractivity contribution is -0.291. The number of phenolic OH excluding ortho intramolecular Hbond substituents is 1. The number of phenols is 1. The molecule has 0 aromatic heterocycles. The van der Waals surface area contributed by atoms with E-state index in [0.29, 0.717) is 13.2 Å². The van der Waals surface area contributed by atoms with E-state index in [0.717, 1.165) is 24.0 Å². The Morgan fingerprint density at radius 1 is 0.880 bits per heavy atom. The molecule has 1 fully saturated rings. The summed E-state index contributed by atoms with van der Waals surface area (Å²) in [7, 11) is 0. The molecule has 25 heavy (non-hydrogen) atoms. The molecule has 2 aromatic carbocycles. The van der Waals surface area contributed by atoms with E-state index in [1.165, 1.54) is 5.56 Å². The van der Waals surface area contributed by atoms with E-state index in [1.807, 2.05) is 26.0 Å². The van der Waals surface area contributed by atoms with Gasteiger partial charge in [0.1, 0.15) is 5.75 Å². The van der Waals surface area contributed by atoms with E-state index in [4.69, 9.17) is 9.47 Å². The van der Waals surface area contributed by atoms with Gasteiger partial charge in [-0.1, -0.05) is 36.4 Å². The molecule has 2 aromatic rings. The first kappa shape index (κ1) is 17.9. The van der Waals surface area contributed by atoms with E-state index in [1.54, 1.807) is 12.1 Å². The molecule has 1 saturated heterocycles. The predicted octanol–water partition coefficient (Wildman–Crippen LogP) is 3.75. The summed E-state index contributed by atoms with van der Waals surface area (Å²) >= 11 is 0. The van der Waals surface area contributed by atoms with Gasteiger partial charge in [0.25, 0.3) is 0 Å². The monoisotopic (exact) mass is 342 g/mol. The number of hydrogen-bond donors (Lipinski definition) is 2. The Bertz CT molecular complexity index is 679. The zero-order valence-corrected chi connectivity index (χ0v) is 14.9. The maximum Gasteiger partial charge on any atom is 0.162 e. The lowest BCUT2D eigenvalue weighted by atomic mass is 9.83. The average Bonchev–Trinajstić information content (AvgIpc) is 2.63. The summed E-state index contributed by atoms with van der Waals surface area (Å²) < 4.78 is 11.5. The fourth-order valence-corrected chi connectivity index (χ4v) is 2.98. The molecule has 0 atom stereocenters. The van der Waals surface area contributed by atoms with Crippen LogP contribution >= 0.6 is 0 Å². The highest BCUT2D eigenvalue weighted by Crippen LogP contribution is 2.33. The molecule has 1 aliphatic heterocycles. The summed E-state index contributed by atoms with van der Waals surface area (Å²) in [4.78, 5) is 0. The Morgan fingerprint density at radius 2 is 1.40 bits per heavy atom. The topological polar surface area (TPSA) is 58.9 Å². The van der Waals surface area contributed by atoms with Crippen molar-refractivity contribution >= 4 is 0 Å². The van der Waals surface area contributed by atoms with Gasteiger partial charge >= 0.3 is 0 Å². The molecule has 1 aliphatic rings. The molecule has 4 heteroatoms. The zero-order chi connectivity index (χ0) is 17.9. The molecule has 0 bridgehead atoms. The molecule has 1 heterocycles. The number of aliphatic hydroxyl groups is 1. The molecular weight excluding hydrogens is 316 g/mol. The van der Waals surface area contributed by atoms with Gasteiger partial charge in [0.2, 0.25) is 0 Å². The number of benzene rings is 2. The molecule has 3 rings (SSSR count). The van der Waals surface area contributed by atoms with E-state index >= 15 is 0 Å². The molecule has 0 unspecified atom stereocenters. The first-order chi connectivity index (χ1) is 11.9. The summed E-state index contributed by atoms with van der Waals surface area (Å²) in [5, 5.41) is 19.2. The number of hydrogen-bond acceptors (Lipinski definition) is 4. The molecule has 0 aliphatic carbocycles. The molecule has 0 saturated carbocycles. The summed E-state index contributed by atoms with van der Waals surface area (Å²) in [5.74, 6) is -0.292. The fourth-order valence-electron chi connectivity index (χ4n) is 2.98. The zero-order valence-electron chi connectivity index (χ0n) is 14.9. The van der Waals surface area contributed by atoms with E-state index < -0.39 is 5.79 Å². The van der Waals surface area contributed by atoms with Gasteiger partial charge in [-0.2, -0.15) is 0 Å². The van der Waals surface area contributed by atoms with Crippen molar-refractivity contribution in [3.05, 3.63) is 54.1 Å². The Balaban J connectivity index is 1.62. The second-order valence-corrected chi connectivity index (χ2v) is 7.38. The number of rotatable bonds is 5. The van der Waals surface area contributed by atoms with Crippen LogP contribution in [0.3, 0.4) is 0 Å². The summed E-state index contributed by atoms with van der Waals surface area (Å²) in [6.45, 7) is 4.89. The van der Waals surface area contributed by atoms with Crippen molar-refractivity contribution in [3.63, 3.8) is 0 Å². The SMILES string of the molecule is CC1(C)OCC(CO)(CCc2ccc(-c3ccc(O)cc3)cc2)CO1. The van der Waals surface area contributed by atoms with Crippen LogP contribution in [-0.4, -0.2) is 35.8 Å². The van der Waals surface area contributed by atoms with Crippen molar-refractivity contribution in [1.82, 2.24) is 0 Å². The molecule has 2 N–H and O–H groups in total. The van der Waals surface area contributed by atoms with E-state index in [2.05, 4.69) is 24.3 Å². The van der Waals surface area contributed by atoms with Crippen LogP contribution < -0.4 is 0 Å². The van der Waals surface area contributed by atoms with Crippen LogP contribution in [0.1, 0.15) is 25.8 Å². The largest absolute Gasteiger partial charge is 0.508 e. The van der Waals surface area contributed by atoms with E-state index in [-0.39, 0.29) is 17.8 Å². The van der Waals surface area contributed by atoms with Crippen LogP contribution in [0.2, 0.25) is 0 Å². The second-order valence-electron chi connectivity index (χ2n) is 7.38. The number of aryl methyl sites for hydroxylation is 1. The van der Waals surface area contributed by atoms with Crippen LogP contribution in [-0.2, 0) is 15.9 Å². The van der Waals surface area contributed by atoms with Gasteiger partial charge in [-0.25, -0.2) is 0 Å². The standard InChI is InChI=1S/C21H26O4/c1-20(2)24-14-21(13-22,15-25-20)12-11-16-3-5-17(6-4-16)18-7-9-19(23)10-8-18/h3-10,22-23H,11-15H2,1-2H3. The Morgan fingerprint density at radius 3 is 1.92 bits per heavy atom. The van der Waals surface area contributed by atoms with Crippen molar-refractivity contribution in [2.24, 2.45) is 5.41 Å². The predicted molar refractivity (Wildman–Crippen MR) is 97.4 cm³/mol. The van der Waals surface area contributed by atoms with Crippen LogP contribution in [0.25, 0.3) is 11.1 Å². The lowest BCUT2D eigenvalue weighted by Gasteiger charge is -2.42. The minimum absolute atomic E-state index is 0.0642. The molecule has 0 spiro atoms. The normalized spacial score (nSPS) is 18.8. The highest BCUT2D eigenvalue weighted by Gasteiger charge is 2.39. The number of ether oxygens (including phenoxy) is 2. The molecule has 4 nitrogen and oxygen atoms in total. The first-order valence-electron chi connectivity index (χ1n) is 8.69. The smallest absolute Gasteiger partial charge is 0.162 e. The third-order valence-electron chi connectivity index (χ3n) is 4.89. The lowest BCUT2D eigenvalue weighted by Crippen LogP contribution is -2.48. The average molecular weight is 342 g/mol. The molecule has 0 radical (unpaired) electrons. The Labute approximate surface area is 149 Å². The summed E-state index contributed by atoms with van der Waals surface area (Å²) in [6.07, 6.45) is 1.68. The second kappa shape index (κ2) is 7.16. The maximum atomic E-state index is 9.82. The van der Waals surface area contributed by atoms with Crippen molar-refractivity contribution in [2.75, 3.05) is 19.8 Å². The maximum absolute atomic E-state index is 9.82. The first-order valence-corrected chi connectivity index (χ1v) is 8.69.